The molecule has 1 aromatic carbocycles. The fraction of sp³-hybridized carbons (Fsp3) is 0.364. The summed E-state index contributed by atoms with van der Waals surface area (Å²) < 4.78 is 0. The molecule has 1 aromatic rings. The van der Waals surface area contributed by atoms with Gasteiger partial charge in [0, 0.05) is 35.3 Å². The monoisotopic (exact) mass is 240 g/mol. The van der Waals surface area contributed by atoms with Crippen LogP contribution in [-0.4, -0.2) is 23.6 Å². The van der Waals surface area contributed by atoms with E-state index in [1.165, 1.54) is 0 Å². The van der Waals surface area contributed by atoms with Crippen LogP contribution >= 0.6 is 11.6 Å². The van der Waals surface area contributed by atoms with Crippen LogP contribution in [0, 0.1) is 0 Å². The fourth-order valence-electron chi connectivity index (χ4n) is 1.91. The third kappa shape index (κ3) is 2.04. The van der Waals surface area contributed by atoms with E-state index in [-0.39, 0.29) is 18.6 Å². The Morgan fingerprint density at radius 3 is 2.88 bits per heavy atom. The van der Waals surface area contributed by atoms with Gasteiger partial charge in [-0.2, -0.15) is 0 Å². The number of anilines is 1. The number of hydrogen-bond donors (Lipinski definition) is 2. The molecule has 1 amide bonds. The summed E-state index contributed by atoms with van der Waals surface area (Å²) in [6.07, 6.45) is 0.355. The zero-order valence-corrected chi connectivity index (χ0v) is 9.44. The van der Waals surface area contributed by atoms with E-state index in [0.717, 1.165) is 0 Å². The lowest BCUT2D eigenvalue weighted by molar-refractivity contribution is -0.117. The molecule has 3 N–H and O–H groups in total. The number of benzene rings is 1. The van der Waals surface area contributed by atoms with Gasteiger partial charge in [0.05, 0.1) is 6.61 Å². The van der Waals surface area contributed by atoms with Crippen molar-refractivity contribution in [3.8, 4) is 0 Å². The van der Waals surface area contributed by atoms with Crippen LogP contribution in [0.15, 0.2) is 18.2 Å². The topological polar surface area (TPSA) is 66.6 Å². The maximum atomic E-state index is 11.7. The number of carbonyl (C=O) groups excluding carboxylic acids is 1. The molecule has 0 spiro atoms. The summed E-state index contributed by atoms with van der Waals surface area (Å²) in [4.78, 5) is 13.3. The van der Waals surface area contributed by atoms with Crippen molar-refractivity contribution in [3.05, 3.63) is 28.8 Å². The molecule has 5 heteroatoms. The van der Waals surface area contributed by atoms with Crippen molar-refractivity contribution in [2.45, 2.75) is 19.1 Å². The van der Waals surface area contributed by atoms with Crippen molar-refractivity contribution < 1.29 is 9.90 Å². The molecular weight excluding hydrogens is 228 g/mol. The predicted octanol–water partition coefficient (Wildman–Crippen LogP) is 0.896. The molecule has 1 fully saturated rings. The van der Waals surface area contributed by atoms with Gasteiger partial charge in [0.25, 0.3) is 0 Å². The number of aliphatic hydroxyl groups is 1. The van der Waals surface area contributed by atoms with Gasteiger partial charge in [0.1, 0.15) is 0 Å². The first-order valence-corrected chi connectivity index (χ1v) is 5.45. The lowest BCUT2D eigenvalue weighted by atomic mass is 10.1. The molecule has 0 aromatic heterocycles. The van der Waals surface area contributed by atoms with Crippen LogP contribution < -0.4 is 10.6 Å². The molecule has 0 aliphatic carbocycles. The summed E-state index contributed by atoms with van der Waals surface area (Å²) in [6, 6.07) is 4.97. The highest BCUT2D eigenvalue weighted by Gasteiger charge is 2.29. The Hall–Kier alpha value is -1.10. The molecule has 4 nitrogen and oxygen atoms in total. The van der Waals surface area contributed by atoms with Crippen molar-refractivity contribution in [2.75, 3.05) is 11.4 Å². The van der Waals surface area contributed by atoms with Gasteiger partial charge in [-0.1, -0.05) is 11.6 Å². The maximum Gasteiger partial charge on any atom is 0.228 e. The van der Waals surface area contributed by atoms with Crippen molar-refractivity contribution in [1.82, 2.24) is 0 Å². The number of nitrogens with zero attached hydrogens (tertiary/aromatic N) is 1. The van der Waals surface area contributed by atoms with Crippen LogP contribution in [0.1, 0.15) is 12.0 Å². The van der Waals surface area contributed by atoms with Crippen LogP contribution in [-0.2, 0) is 11.4 Å². The summed E-state index contributed by atoms with van der Waals surface area (Å²) in [6.45, 7) is 0.350. The van der Waals surface area contributed by atoms with Crippen LogP contribution in [0.3, 0.4) is 0 Å². The number of rotatable bonds is 2. The second-order valence-electron chi connectivity index (χ2n) is 3.90. The molecule has 1 heterocycles. The molecule has 0 saturated carbocycles. The molecule has 1 saturated heterocycles. The summed E-state index contributed by atoms with van der Waals surface area (Å²) in [5.74, 6) is -0.00970. The minimum Gasteiger partial charge on any atom is -0.392 e. The van der Waals surface area contributed by atoms with Gasteiger partial charge in [0.15, 0.2) is 0 Å². The van der Waals surface area contributed by atoms with Gasteiger partial charge in [-0.05, 0) is 18.2 Å². The summed E-state index contributed by atoms with van der Waals surface area (Å²) in [5.41, 5.74) is 7.07. The van der Waals surface area contributed by atoms with Crippen LogP contribution in [0.25, 0.3) is 0 Å². The maximum absolute atomic E-state index is 11.7. The molecule has 86 valence electrons. The van der Waals surface area contributed by atoms with Crippen molar-refractivity contribution >= 4 is 23.2 Å². The zero-order chi connectivity index (χ0) is 11.7. The van der Waals surface area contributed by atoms with E-state index < -0.39 is 0 Å². The number of aliphatic hydroxyl groups excluding tert-OH is 1. The number of carbonyl (C=O) groups is 1. The van der Waals surface area contributed by atoms with Crippen LogP contribution in [0.5, 0.6) is 0 Å². The largest absolute Gasteiger partial charge is 0.392 e. The van der Waals surface area contributed by atoms with Crippen LogP contribution in [0.2, 0.25) is 5.02 Å². The lowest BCUT2D eigenvalue weighted by Crippen LogP contribution is -2.28. The Labute approximate surface area is 98.6 Å². The molecule has 1 atom stereocenters. The Balaban J connectivity index is 2.36. The number of amides is 1. The highest BCUT2D eigenvalue weighted by atomic mass is 35.5. The summed E-state index contributed by atoms with van der Waals surface area (Å²) >= 11 is 5.83. The minimum absolute atomic E-state index is 0.00970. The van der Waals surface area contributed by atoms with E-state index in [4.69, 9.17) is 17.3 Å². The molecule has 0 bridgehead atoms. The predicted molar refractivity (Wildman–Crippen MR) is 62.3 cm³/mol. The van der Waals surface area contributed by atoms with E-state index in [2.05, 4.69) is 0 Å². The quantitative estimate of drug-likeness (QED) is 0.807. The van der Waals surface area contributed by atoms with Gasteiger partial charge in [-0.3, -0.25) is 4.79 Å². The average molecular weight is 241 g/mol. The van der Waals surface area contributed by atoms with Crippen molar-refractivity contribution in [2.24, 2.45) is 5.73 Å². The molecule has 16 heavy (non-hydrogen) atoms. The molecular formula is C11H13ClN2O2. The first-order valence-electron chi connectivity index (χ1n) is 5.07. The highest BCUT2D eigenvalue weighted by Crippen LogP contribution is 2.27. The highest BCUT2D eigenvalue weighted by molar-refractivity contribution is 6.30. The van der Waals surface area contributed by atoms with Gasteiger partial charge in [0.2, 0.25) is 5.91 Å². The minimum atomic E-state index is -0.144. The van der Waals surface area contributed by atoms with Gasteiger partial charge in [-0.25, -0.2) is 0 Å². The Kier molecular flexibility index (Phi) is 3.14. The van der Waals surface area contributed by atoms with E-state index in [1.54, 1.807) is 23.1 Å². The lowest BCUT2D eigenvalue weighted by Gasteiger charge is -2.19. The average Bonchev–Trinajstić information content (AvgIpc) is 2.57. The molecule has 1 aliphatic heterocycles. The molecule has 1 aliphatic rings. The van der Waals surface area contributed by atoms with E-state index >= 15 is 0 Å². The number of nitrogens with two attached hydrogens (primary N) is 1. The van der Waals surface area contributed by atoms with Crippen molar-refractivity contribution in [3.63, 3.8) is 0 Å². The molecule has 0 radical (unpaired) electrons. The van der Waals surface area contributed by atoms with Crippen molar-refractivity contribution in [1.29, 1.82) is 0 Å². The van der Waals surface area contributed by atoms with Crippen LogP contribution in [0.4, 0.5) is 5.69 Å². The Bertz CT molecular complexity index is 422. The smallest absolute Gasteiger partial charge is 0.228 e. The normalized spacial score (nSPS) is 20.6. The number of hydrogen-bond acceptors (Lipinski definition) is 3. The summed E-state index contributed by atoms with van der Waals surface area (Å²) in [5, 5.41) is 9.77. The first kappa shape index (κ1) is 11.4. The Morgan fingerprint density at radius 1 is 1.56 bits per heavy atom. The Morgan fingerprint density at radius 2 is 2.31 bits per heavy atom. The standard InChI is InChI=1S/C11H13ClN2O2/c12-8-1-2-10(7(3-8)6-15)14-5-9(13)4-11(14)16/h1-3,9,15H,4-6,13H2. The summed E-state index contributed by atoms with van der Waals surface area (Å²) in [7, 11) is 0. The zero-order valence-electron chi connectivity index (χ0n) is 8.69. The number of halogens is 1. The third-order valence-corrected chi connectivity index (χ3v) is 2.89. The third-order valence-electron chi connectivity index (χ3n) is 2.66. The SMILES string of the molecule is NC1CC(=O)N(c2ccc(Cl)cc2CO)C1. The fourth-order valence-corrected chi connectivity index (χ4v) is 2.11. The van der Waals surface area contributed by atoms with Gasteiger partial charge in [-0.15, -0.1) is 0 Å². The molecule has 2 rings (SSSR count). The second-order valence-corrected chi connectivity index (χ2v) is 4.34. The van der Waals surface area contributed by atoms with Gasteiger partial charge < -0.3 is 15.7 Å². The van der Waals surface area contributed by atoms with E-state index in [9.17, 15) is 9.90 Å². The van der Waals surface area contributed by atoms with Gasteiger partial charge >= 0.3 is 0 Å². The molecule has 1 unspecified atom stereocenters. The first-order chi connectivity index (χ1) is 7.61. The van der Waals surface area contributed by atoms with E-state index in [1.807, 2.05) is 0 Å². The van der Waals surface area contributed by atoms with E-state index in [0.29, 0.717) is 29.2 Å². The second kappa shape index (κ2) is 4.41.